The Morgan fingerprint density at radius 3 is 2.77 bits per heavy atom. The Kier molecular flexibility index (Phi) is 8.64. The van der Waals surface area contributed by atoms with E-state index in [1.807, 2.05) is 6.07 Å². The summed E-state index contributed by atoms with van der Waals surface area (Å²) in [5.41, 5.74) is 0. The zero-order valence-electron chi connectivity index (χ0n) is 15.8. The summed E-state index contributed by atoms with van der Waals surface area (Å²) in [5, 5.41) is 0. The SMILES string of the molecule is CCCCN(CC(=O)N(Cc1ccco1)C[C@@H]1CCCO1)C(=O)COC. The van der Waals surface area contributed by atoms with Crippen LogP contribution in [0.1, 0.15) is 38.4 Å². The lowest BCUT2D eigenvalue weighted by molar-refractivity contribution is -0.144. The van der Waals surface area contributed by atoms with Gasteiger partial charge in [-0.2, -0.15) is 0 Å². The first-order valence-corrected chi connectivity index (χ1v) is 9.32. The molecule has 0 spiro atoms. The molecule has 0 saturated carbocycles. The van der Waals surface area contributed by atoms with Gasteiger partial charge in [0, 0.05) is 26.8 Å². The molecule has 1 aliphatic rings. The third-order valence-corrected chi connectivity index (χ3v) is 4.46. The molecule has 2 rings (SSSR count). The van der Waals surface area contributed by atoms with E-state index in [9.17, 15) is 9.59 Å². The first kappa shape index (κ1) is 20.5. The third-order valence-electron chi connectivity index (χ3n) is 4.46. The number of hydrogen-bond acceptors (Lipinski definition) is 5. The minimum atomic E-state index is -0.163. The lowest BCUT2D eigenvalue weighted by Gasteiger charge is -2.28. The molecule has 2 amide bonds. The van der Waals surface area contributed by atoms with Crippen LogP contribution in [-0.4, -0.2) is 67.7 Å². The number of amides is 2. The van der Waals surface area contributed by atoms with Crippen LogP contribution in [0.25, 0.3) is 0 Å². The second kappa shape index (κ2) is 11.0. The molecule has 7 nitrogen and oxygen atoms in total. The van der Waals surface area contributed by atoms with E-state index in [-0.39, 0.29) is 31.1 Å². The molecular formula is C19H30N2O5. The molecule has 0 unspecified atom stereocenters. The predicted octanol–water partition coefficient (Wildman–Crippen LogP) is 2.06. The molecule has 0 bridgehead atoms. The Labute approximate surface area is 155 Å². The number of nitrogens with zero attached hydrogens (tertiary/aromatic N) is 2. The van der Waals surface area contributed by atoms with Crippen LogP contribution in [0.3, 0.4) is 0 Å². The fourth-order valence-electron chi connectivity index (χ4n) is 3.00. The van der Waals surface area contributed by atoms with Gasteiger partial charge in [0.2, 0.25) is 11.8 Å². The second-order valence-corrected chi connectivity index (χ2v) is 6.59. The third kappa shape index (κ3) is 6.46. The summed E-state index contributed by atoms with van der Waals surface area (Å²) in [7, 11) is 1.48. The van der Waals surface area contributed by atoms with Gasteiger partial charge in [-0.1, -0.05) is 13.3 Å². The molecule has 2 heterocycles. The maximum Gasteiger partial charge on any atom is 0.249 e. The summed E-state index contributed by atoms with van der Waals surface area (Å²) < 4.78 is 16.0. The summed E-state index contributed by atoms with van der Waals surface area (Å²) in [6.07, 6.45) is 5.42. The molecule has 0 N–H and O–H groups in total. The van der Waals surface area contributed by atoms with E-state index in [0.29, 0.717) is 19.6 Å². The van der Waals surface area contributed by atoms with Crippen LogP contribution in [0.2, 0.25) is 0 Å². The van der Waals surface area contributed by atoms with Gasteiger partial charge in [-0.25, -0.2) is 0 Å². The highest BCUT2D eigenvalue weighted by Gasteiger charge is 2.26. The second-order valence-electron chi connectivity index (χ2n) is 6.59. The molecular weight excluding hydrogens is 336 g/mol. The van der Waals surface area contributed by atoms with E-state index < -0.39 is 0 Å². The lowest BCUT2D eigenvalue weighted by atomic mass is 10.2. The van der Waals surface area contributed by atoms with Crippen LogP contribution in [0.15, 0.2) is 22.8 Å². The Morgan fingerprint density at radius 2 is 2.15 bits per heavy atom. The molecule has 0 aromatic carbocycles. The van der Waals surface area contributed by atoms with Gasteiger partial charge >= 0.3 is 0 Å². The Morgan fingerprint density at radius 1 is 1.31 bits per heavy atom. The van der Waals surface area contributed by atoms with Gasteiger partial charge in [0.05, 0.1) is 25.5 Å². The van der Waals surface area contributed by atoms with Crippen LogP contribution in [0.5, 0.6) is 0 Å². The standard InChI is InChI=1S/C19H30N2O5/c1-3-4-9-20(19(23)15-24-2)14-18(22)21(12-16-7-5-10-25-16)13-17-8-6-11-26-17/h5,7,10,17H,3-4,6,8-9,11-15H2,1-2H3/t17-/m0/s1. The van der Waals surface area contributed by atoms with Gasteiger partial charge in [-0.3, -0.25) is 9.59 Å². The van der Waals surface area contributed by atoms with Crippen molar-refractivity contribution in [2.45, 2.75) is 45.3 Å². The van der Waals surface area contributed by atoms with Crippen molar-refractivity contribution in [3.63, 3.8) is 0 Å². The van der Waals surface area contributed by atoms with Crippen LogP contribution >= 0.6 is 0 Å². The van der Waals surface area contributed by atoms with Gasteiger partial charge in [0.15, 0.2) is 0 Å². The molecule has 1 aliphatic heterocycles. The molecule has 1 aromatic rings. The summed E-state index contributed by atoms with van der Waals surface area (Å²) in [5.74, 6) is 0.460. The number of ether oxygens (including phenoxy) is 2. The lowest BCUT2D eigenvalue weighted by Crippen LogP contribution is -2.46. The first-order chi connectivity index (χ1) is 12.6. The predicted molar refractivity (Wildman–Crippen MR) is 96.5 cm³/mol. The minimum Gasteiger partial charge on any atom is -0.467 e. The smallest absolute Gasteiger partial charge is 0.249 e. The van der Waals surface area contributed by atoms with E-state index in [4.69, 9.17) is 13.9 Å². The number of furan rings is 1. The molecule has 26 heavy (non-hydrogen) atoms. The first-order valence-electron chi connectivity index (χ1n) is 9.32. The van der Waals surface area contributed by atoms with Gasteiger partial charge in [0.1, 0.15) is 12.4 Å². The van der Waals surface area contributed by atoms with Gasteiger partial charge in [-0.05, 0) is 31.4 Å². The van der Waals surface area contributed by atoms with E-state index in [1.165, 1.54) is 7.11 Å². The Balaban J connectivity index is 2.02. The number of methoxy groups -OCH3 is 1. The van der Waals surface area contributed by atoms with Gasteiger partial charge < -0.3 is 23.7 Å². The van der Waals surface area contributed by atoms with Crippen molar-refractivity contribution in [3.8, 4) is 0 Å². The van der Waals surface area contributed by atoms with Crippen LogP contribution in [0, 0.1) is 0 Å². The van der Waals surface area contributed by atoms with Crippen molar-refractivity contribution in [1.29, 1.82) is 0 Å². The number of carbonyl (C=O) groups excluding carboxylic acids is 2. The van der Waals surface area contributed by atoms with Crippen LogP contribution in [-0.2, 0) is 25.6 Å². The molecule has 1 atom stereocenters. The number of unbranched alkanes of at least 4 members (excludes halogenated alkanes) is 1. The van der Waals surface area contributed by atoms with Crippen LogP contribution < -0.4 is 0 Å². The molecule has 1 aromatic heterocycles. The number of hydrogen-bond donors (Lipinski definition) is 0. The maximum absolute atomic E-state index is 12.9. The van der Waals surface area contributed by atoms with Crippen molar-refractivity contribution >= 4 is 11.8 Å². The average Bonchev–Trinajstić information content (AvgIpc) is 3.32. The number of rotatable bonds is 11. The fourth-order valence-corrected chi connectivity index (χ4v) is 3.00. The minimum absolute atomic E-state index is 0.0130. The quantitative estimate of drug-likeness (QED) is 0.599. The Hall–Kier alpha value is -1.86. The van der Waals surface area contributed by atoms with Gasteiger partial charge in [0.25, 0.3) is 0 Å². The molecule has 1 fully saturated rings. The zero-order chi connectivity index (χ0) is 18.8. The summed E-state index contributed by atoms with van der Waals surface area (Å²) in [6, 6.07) is 3.65. The molecule has 1 saturated heterocycles. The summed E-state index contributed by atoms with van der Waals surface area (Å²) in [6.45, 7) is 4.28. The monoisotopic (exact) mass is 366 g/mol. The fraction of sp³-hybridized carbons (Fsp3) is 0.684. The van der Waals surface area contributed by atoms with E-state index in [0.717, 1.165) is 38.1 Å². The average molecular weight is 366 g/mol. The molecule has 0 aliphatic carbocycles. The zero-order valence-corrected chi connectivity index (χ0v) is 15.8. The summed E-state index contributed by atoms with van der Waals surface area (Å²) >= 11 is 0. The molecule has 7 heteroatoms. The van der Waals surface area contributed by atoms with Crippen molar-refractivity contribution in [2.24, 2.45) is 0 Å². The van der Waals surface area contributed by atoms with E-state index >= 15 is 0 Å². The van der Waals surface area contributed by atoms with Crippen molar-refractivity contribution in [1.82, 2.24) is 9.80 Å². The normalized spacial score (nSPS) is 16.6. The van der Waals surface area contributed by atoms with E-state index in [2.05, 4.69) is 6.92 Å². The molecule has 0 radical (unpaired) electrons. The van der Waals surface area contributed by atoms with E-state index in [1.54, 1.807) is 22.1 Å². The van der Waals surface area contributed by atoms with Crippen molar-refractivity contribution in [3.05, 3.63) is 24.2 Å². The highest BCUT2D eigenvalue weighted by molar-refractivity contribution is 5.85. The highest BCUT2D eigenvalue weighted by Crippen LogP contribution is 2.16. The van der Waals surface area contributed by atoms with Crippen molar-refractivity contribution < 1.29 is 23.5 Å². The highest BCUT2D eigenvalue weighted by atomic mass is 16.5. The topological polar surface area (TPSA) is 72.2 Å². The van der Waals surface area contributed by atoms with Crippen LogP contribution in [0.4, 0.5) is 0 Å². The van der Waals surface area contributed by atoms with Crippen molar-refractivity contribution in [2.75, 3.05) is 40.0 Å². The van der Waals surface area contributed by atoms with Gasteiger partial charge in [-0.15, -0.1) is 0 Å². The largest absolute Gasteiger partial charge is 0.467 e. The summed E-state index contributed by atoms with van der Waals surface area (Å²) in [4.78, 5) is 28.5. The maximum atomic E-state index is 12.9. The molecule has 146 valence electrons. The number of carbonyl (C=O) groups is 2. The Bertz CT molecular complexity index is 540.